The molecule has 2 heterocycles. The number of hydrogen-bond donors (Lipinski definition) is 0. The zero-order valence-electron chi connectivity index (χ0n) is 7.59. The summed E-state index contributed by atoms with van der Waals surface area (Å²) in [6.45, 7) is 0. The highest BCUT2D eigenvalue weighted by atomic mass is 35.5. The first-order valence-corrected chi connectivity index (χ1v) is 4.56. The lowest BCUT2D eigenvalue weighted by atomic mass is 10.2. The Hall–Kier alpha value is -1.81. The number of pyridine rings is 1. The Labute approximate surface area is 91.0 Å². The molecule has 0 fully saturated rings. The molecule has 0 aliphatic heterocycles. The third kappa shape index (κ3) is 2.16. The number of halogens is 1. The molecule has 0 saturated carbocycles. The van der Waals surface area contributed by atoms with E-state index in [4.69, 9.17) is 11.6 Å². The van der Waals surface area contributed by atoms with E-state index in [1.807, 2.05) is 0 Å². The summed E-state index contributed by atoms with van der Waals surface area (Å²) in [5.41, 5.74) is 1.79. The molecule has 5 heteroatoms. The predicted molar refractivity (Wildman–Crippen MR) is 55.7 cm³/mol. The molecule has 0 aliphatic carbocycles. The molecule has 0 bridgehead atoms. The fourth-order valence-electron chi connectivity index (χ4n) is 1.11. The molecule has 0 amide bonds. The Balaban J connectivity index is 2.41. The van der Waals surface area contributed by atoms with Crippen LogP contribution in [-0.2, 0) is 0 Å². The highest BCUT2D eigenvalue weighted by molar-refractivity contribution is 6.29. The fourth-order valence-corrected chi connectivity index (χ4v) is 1.26. The Morgan fingerprint density at radius 1 is 1.20 bits per heavy atom. The van der Waals surface area contributed by atoms with Gasteiger partial charge in [0.25, 0.3) is 0 Å². The molecular weight excluding hydrogens is 214 g/mol. The van der Waals surface area contributed by atoms with Crippen molar-refractivity contribution in [2.75, 3.05) is 0 Å². The average molecular weight is 220 g/mol. The van der Waals surface area contributed by atoms with E-state index < -0.39 is 0 Å². The van der Waals surface area contributed by atoms with Crippen LogP contribution < -0.4 is 0 Å². The van der Waals surface area contributed by atoms with Crippen LogP contribution in [0.4, 0.5) is 0 Å². The van der Waals surface area contributed by atoms with Crippen molar-refractivity contribution in [1.29, 1.82) is 0 Å². The van der Waals surface area contributed by atoms with Gasteiger partial charge in [0.05, 0.1) is 18.1 Å². The lowest BCUT2D eigenvalue weighted by Crippen LogP contribution is -1.89. The van der Waals surface area contributed by atoms with Gasteiger partial charge in [-0.05, 0) is 12.1 Å². The van der Waals surface area contributed by atoms with Gasteiger partial charge in [-0.3, -0.25) is 14.8 Å². The first kappa shape index (κ1) is 9.73. The van der Waals surface area contributed by atoms with Crippen molar-refractivity contribution in [1.82, 2.24) is 15.0 Å². The summed E-state index contributed by atoms with van der Waals surface area (Å²) in [5, 5.41) is 0.326. The monoisotopic (exact) mass is 219 g/mol. The minimum absolute atomic E-state index is 0.326. The van der Waals surface area contributed by atoms with E-state index in [0.29, 0.717) is 22.8 Å². The summed E-state index contributed by atoms with van der Waals surface area (Å²) in [4.78, 5) is 22.3. The van der Waals surface area contributed by atoms with Crippen LogP contribution in [0.2, 0.25) is 5.15 Å². The molecule has 2 aromatic rings. The van der Waals surface area contributed by atoms with Crippen LogP contribution in [0.3, 0.4) is 0 Å². The summed E-state index contributed by atoms with van der Waals surface area (Å²) in [7, 11) is 0. The van der Waals surface area contributed by atoms with Gasteiger partial charge >= 0.3 is 0 Å². The van der Waals surface area contributed by atoms with Crippen molar-refractivity contribution in [3.63, 3.8) is 0 Å². The Morgan fingerprint density at radius 2 is 2.07 bits per heavy atom. The van der Waals surface area contributed by atoms with Crippen molar-refractivity contribution in [3.05, 3.63) is 41.6 Å². The van der Waals surface area contributed by atoms with E-state index in [2.05, 4.69) is 15.0 Å². The number of rotatable bonds is 2. The largest absolute Gasteiger partial charge is 0.296 e. The molecule has 0 atom stereocenters. The third-order valence-corrected chi connectivity index (χ3v) is 1.99. The smallest absolute Gasteiger partial charge is 0.168 e. The molecule has 0 spiro atoms. The standard InChI is InChI=1S/C10H6ClN3O/c11-10-5-12-4-9(14-10)7-1-2-8(6-15)13-3-7/h1-6H. The Bertz CT molecular complexity index is 484. The first-order chi connectivity index (χ1) is 7.29. The zero-order chi connectivity index (χ0) is 10.7. The van der Waals surface area contributed by atoms with Crippen molar-refractivity contribution in [3.8, 4) is 11.3 Å². The number of aldehydes is 1. The molecular formula is C10H6ClN3O. The Morgan fingerprint density at radius 3 is 2.67 bits per heavy atom. The van der Waals surface area contributed by atoms with Crippen molar-refractivity contribution >= 4 is 17.9 Å². The summed E-state index contributed by atoms with van der Waals surface area (Å²) in [6.07, 6.45) is 5.29. The quantitative estimate of drug-likeness (QED) is 0.725. The van der Waals surface area contributed by atoms with Crippen molar-refractivity contribution in [2.24, 2.45) is 0 Å². The molecule has 0 N–H and O–H groups in total. The minimum Gasteiger partial charge on any atom is -0.296 e. The predicted octanol–water partition coefficient (Wildman–Crippen LogP) is 2.00. The molecule has 74 valence electrons. The lowest BCUT2D eigenvalue weighted by Gasteiger charge is -1.99. The van der Waals surface area contributed by atoms with Gasteiger partial charge in [-0.2, -0.15) is 0 Å². The zero-order valence-corrected chi connectivity index (χ0v) is 8.35. The second-order valence-electron chi connectivity index (χ2n) is 2.82. The highest BCUT2D eigenvalue weighted by Gasteiger charge is 2.01. The summed E-state index contributed by atoms with van der Waals surface area (Å²) in [6, 6.07) is 3.36. The number of nitrogens with zero attached hydrogens (tertiary/aromatic N) is 3. The topological polar surface area (TPSA) is 55.7 Å². The van der Waals surface area contributed by atoms with Crippen LogP contribution in [0.15, 0.2) is 30.7 Å². The summed E-state index contributed by atoms with van der Waals surface area (Å²) in [5.74, 6) is 0. The molecule has 0 unspecified atom stereocenters. The van der Waals surface area contributed by atoms with Gasteiger partial charge in [0.2, 0.25) is 0 Å². The fraction of sp³-hybridized carbons (Fsp3) is 0. The number of aromatic nitrogens is 3. The van der Waals surface area contributed by atoms with E-state index >= 15 is 0 Å². The van der Waals surface area contributed by atoms with Gasteiger partial charge < -0.3 is 0 Å². The SMILES string of the molecule is O=Cc1ccc(-c2cncc(Cl)n2)cn1. The van der Waals surface area contributed by atoms with E-state index in [-0.39, 0.29) is 0 Å². The number of hydrogen-bond acceptors (Lipinski definition) is 4. The van der Waals surface area contributed by atoms with E-state index in [9.17, 15) is 4.79 Å². The van der Waals surface area contributed by atoms with Gasteiger partial charge in [0.15, 0.2) is 6.29 Å². The molecule has 0 radical (unpaired) electrons. The molecule has 0 saturated heterocycles. The van der Waals surface area contributed by atoms with E-state index in [0.717, 1.165) is 5.56 Å². The maximum Gasteiger partial charge on any atom is 0.168 e. The second kappa shape index (κ2) is 4.14. The molecule has 0 aliphatic rings. The summed E-state index contributed by atoms with van der Waals surface area (Å²) >= 11 is 5.70. The number of carbonyl (C=O) groups is 1. The average Bonchev–Trinajstić information content (AvgIpc) is 2.29. The lowest BCUT2D eigenvalue weighted by molar-refractivity contribution is 0.111. The van der Waals surface area contributed by atoms with Crippen molar-refractivity contribution in [2.45, 2.75) is 0 Å². The molecule has 2 aromatic heterocycles. The first-order valence-electron chi connectivity index (χ1n) is 4.19. The van der Waals surface area contributed by atoms with E-state index in [1.54, 1.807) is 24.5 Å². The minimum atomic E-state index is 0.326. The Kier molecular flexibility index (Phi) is 2.69. The summed E-state index contributed by atoms with van der Waals surface area (Å²) < 4.78 is 0. The van der Waals surface area contributed by atoms with Crippen LogP contribution in [0.5, 0.6) is 0 Å². The van der Waals surface area contributed by atoms with Gasteiger partial charge in [-0.1, -0.05) is 11.6 Å². The molecule has 0 aromatic carbocycles. The molecule has 4 nitrogen and oxygen atoms in total. The van der Waals surface area contributed by atoms with E-state index in [1.165, 1.54) is 6.20 Å². The highest BCUT2D eigenvalue weighted by Crippen LogP contribution is 2.16. The van der Waals surface area contributed by atoms with Crippen LogP contribution in [0, 0.1) is 0 Å². The third-order valence-electron chi connectivity index (χ3n) is 1.81. The van der Waals surface area contributed by atoms with Crippen molar-refractivity contribution < 1.29 is 4.79 Å². The van der Waals surface area contributed by atoms with Crippen LogP contribution in [0.1, 0.15) is 10.5 Å². The maximum absolute atomic E-state index is 10.4. The normalized spacial score (nSPS) is 9.93. The maximum atomic E-state index is 10.4. The van der Waals surface area contributed by atoms with Crippen LogP contribution in [-0.4, -0.2) is 21.2 Å². The van der Waals surface area contributed by atoms with Crippen LogP contribution >= 0.6 is 11.6 Å². The number of carbonyl (C=O) groups excluding carboxylic acids is 1. The van der Waals surface area contributed by atoms with Gasteiger partial charge in [-0.15, -0.1) is 0 Å². The molecule has 2 rings (SSSR count). The molecule has 15 heavy (non-hydrogen) atoms. The van der Waals surface area contributed by atoms with Crippen LogP contribution in [0.25, 0.3) is 11.3 Å². The van der Waals surface area contributed by atoms with Gasteiger partial charge in [-0.25, -0.2) is 4.98 Å². The second-order valence-corrected chi connectivity index (χ2v) is 3.20. The van der Waals surface area contributed by atoms with Gasteiger partial charge in [0, 0.05) is 11.8 Å². The van der Waals surface area contributed by atoms with Gasteiger partial charge in [0.1, 0.15) is 10.8 Å².